The summed E-state index contributed by atoms with van der Waals surface area (Å²) in [6.07, 6.45) is 57.6. The number of aliphatic hydroxyl groups is 1. The predicted octanol–water partition coefficient (Wildman–Crippen LogP) is 11.9. The van der Waals surface area contributed by atoms with Crippen LogP contribution in [0.5, 0.6) is 0 Å². The number of carbonyl (C=O) groups is 1. The number of nitrogens with one attached hydrogen (secondary N) is 1. The lowest BCUT2D eigenvalue weighted by Gasteiger charge is -2.29. The first-order valence-electron chi connectivity index (χ1n) is 22.2. The van der Waals surface area contributed by atoms with Crippen molar-refractivity contribution in [3.63, 3.8) is 0 Å². The maximum Gasteiger partial charge on any atom is 0.268 e. The predicted molar refractivity (Wildman–Crippen MR) is 246 cm³/mol. The third kappa shape index (κ3) is 41.3. The molecule has 0 aromatic rings. The number of nitrogens with zero attached hydrogens (tertiary/aromatic N) is 1. The van der Waals surface area contributed by atoms with Gasteiger partial charge in [-0.05, 0) is 83.5 Å². The first-order chi connectivity index (χ1) is 28.0. The van der Waals surface area contributed by atoms with Crippen LogP contribution in [0.1, 0.15) is 142 Å². The molecule has 0 aromatic carbocycles. The van der Waals surface area contributed by atoms with Crippen LogP contribution in [0.15, 0.2) is 109 Å². The number of phosphoric ester groups is 1. The number of phosphoric acid groups is 1. The highest BCUT2D eigenvalue weighted by Crippen LogP contribution is 2.38. The van der Waals surface area contributed by atoms with Crippen molar-refractivity contribution < 1.29 is 32.9 Å². The monoisotopic (exact) mass is 827 g/mol. The average Bonchev–Trinajstić information content (AvgIpc) is 3.17. The summed E-state index contributed by atoms with van der Waals surface area (Å²) in [5.74, 6) is -0.227. The van der Waals surface area contributed by atoms with Crippen molar-refractivity contribution in [2.75, 3.05) is 40.9 Å². The molecule has 0 spiro atoms. The Morgan fingerprint density at radius 1 is 0.621 bits per heavy atom. The number of carbonyl (C=O) groups excluding carboxylic acids is 1. The van der Waals surface area contributed by atoms with Gasteiger partial charge in [0.2, 0.25) is 5.91 Å². The number of hydrogen-bond acceptors (Lipinski definition) is 6. The van der Waals surface area contributed by atoms with E-state index in [0.29, 0.717) is 17.4 Å². The summed E-state index contributed by atoms with van der Waals surface area (Å²) in [6.45, 7) is 4.36. The lowest BCUT2D eigenvalue weighted by molar-refractivity contribution is -0.870. The van der Waals surface area contributed by atoms with Crippen molar-refractivity contribution in [2.45, 2.75) is 154 Å². The second-order valence-corrected chi connectivity index (χ2v) is 17.1. The van der Waals surface area contributed by atoms with Crippen molar-refractivity contribution in [1.29, 1.82) is 0 Å². The fourth-order valence-corrected chi connectivity index (χ4v) is 6.18. The summed E-state index contributed by atoms with van der Waals surface area (Å²) >= 11 is 0. The number of aliphatic hydroxyl groups excluding tert-OH is 1. The number of rotatable bonds is 38. The molecule has 1 amide bonds. The van der Waals surface area contributed by atoms with E-state index in [1.54, 1.807) is 6.08 Å². The van der Waals surface area contributed by atoms with Gasteiger partial charge in [0.25, 0.3) is 7.82 Å². The Labute approximate surface area is 355 Å². The Bertz CT molecular complexity index is 1300. The molecule has 0 rings (SSSR count). The molecule has 3 unspecified atom stereocenters. The summed E-state index contributed by atoms with van der Waals surface area (Å²) in [4.78, 5) is 25.1. The Balaban J connectivity index is 4.11. The zero-order valence-corrected chi connectivity index (χ0v) is 38.1. The highest BCUT2D eigenvalue weighted by Gasteiger charge is 2.23. The lowest BCUT2D eigenvalue weighted by atomic mass is 10.1. The van der Waals surface area contributed by atoms with Gasteiger partial charge in [-0.15, -0.1) is 0 Å². The summed E-state index contributed by atoms with van der Waals surface area (Å²) in [5.41, 5.74) is 0. The molecule has 0 saturated carbocycles. The van der Waals surface area contributed by atoms with E-state index in [-0.39, 0.29) is 12.5 Å². The Morgan fingerprint density at radius 3 is 1.53 bits per heavy atom. The summed E-state index contributed by atoms with van der Waals surface area (Å²) < 4.78 is 23.0. The lowest BCUT2D eigenvalue weighted by Crippen LogP contribution is -2.45. The molecule has 0 aliphatic rings. The molecule has 0 heterocycles. The number of amides is 1. The van der Waals surface area contributed by atoms with E-state index < -0.39 is 26.6 Å². The molecule has 2 N–H and O–H groups in total. The van der Waals surface area contributed by atoms with Gasteiger partial charge in [0.15, 0.2) is 0 Å². The number of unbranched alkanes of at least 4 members (excludes halogenated alkanes) is 9. The summed E-state index contributed by atoms with van der Waals surface area (Å²) in [7, 11) is 1.22. The van der Waals surface area contributed by atoms with E-state index in [9.17, 15) is 19.4 Å². The normalized spacial score (nSPS) is 15.4. The first-order valence-corrected chi connectivity index (χ1v) is 23.7. The Kier molecular flexibility index (Phi) is 37.7. The van der Waals surface area contributed by atoms with Gasteiger partial charge >= 0.3 is 0 Å². The summed E-state index contributed by atoms with van der Waals surface area (Å²) in [6, 6.07) is -0.898. The standard InChI is InChI=1S/C49H83N2O6P/c1-6-8-10-12-13-14-15-16-17-18-19-20-21-22-23-24-25-26-27-28-29-30-31-32-33-34-35-36-37-39-41-43-49(53)50-47(48(52)42-40-38-11-9-7-2)46-57-58(54,55)56-45-44-51(3,4)5/h8,10,13-14,16-17,19-20,22-23,25-26,28-29,31-32,40,42,47-48,52H,6-7,9,11-12,15,18,21,24,27,30,33-39,41,43-46H2,1-5H3,(H-,50,53,54,55)/b10-8-,14-13-,17-16-,20-19-,23-22-,26-25-,29-28-,32-31-,42-40+. The molecule has 330 valence electrons. The largest absolute Gasteiger partial charge is 0.756 e. The van der Waals surface area contributed by atoms with Crippen molar-refractivity contribution in [1.82, 2.24) is 5.32 Å². The molecule has 3 atom stereocenters. The number of hydrogen-bond donors (Lipinski definition) is 2. The number of allylic oxidation sites excluding steroid dienone is 17. The van der Waals surface area contributed by atoms with Crippen LogP contribution in [0.3, 0.4) is 0 Å². The molecule has 9 heteroatoms. The van der Waals surface area contributed by atoms with Crippen LogP contribution < -0.4 is 10.2 Å². The van der Waals surface area contributed by atoms with Crippen molar-refractivity contribution in [2.24, 2.45) is 0 Å². The number of quaternary nitrogens is 1. The maximum absolute atomic E-state index is 12.7. The van der Waals surface area contributed by atoms with E-state index >= 15 is 0 Å². The van der Waals surface area contributed by atoms with Crippen LogP contribution in [0, 0.1) is 0 Å². The molecule has 0 aliphatic carbocycles. The van der Waals surface area contributed by atoms with Gasteiger partial charge in [0.05, 0.1) is 39.9 Å². The topological polar surface area (TPSA) is 108 Å². The molecule has 58 heavy (non-hydrogen) atoms. The van der Waals surface area contributed by atoms with Crippen LogP contribution in [0.2, 0.25) is 0 Å². The van der Waals surface area contributed by atoms with Gasteiger partial charge in [-0.2, -0.15) is 0 Å². The fraction of sp³-hybridized carbons (Fsp3) is 0.612. The van der Waals surface area contributed by atoms with E-state index in [2.05, 4.69) is 116 Å². The highest BCUT2D eigenvalue weighted by molar-refractivity contribution is 7.45. The minimum absolute atomic E-state index is 0.0116. The maximum atomic E-state index is 12.7. The van der Waals surface area contributed by atoms with E-state index in [1.165, 1.54) is 0 Å². The second kappa shape index (κ2) is 39.6. The number of likely N-dealkylation sites (N-methyl/N-ethyl adjacent to an activating group) is 1. The molecule has 0 aliphatic heterocycles. The molecule has 0 fully saturated rings. The molecule has 8 nitrogen and oxygen atoms in total. The van der Waals surface area contributed by atoms with E-state index in [0.717, 1.165) is 122 Å². The zero-order chi connectivity index (χ0) is 42.8. The van der Waals surface area contributed by atoms with Gasteiger partial charge in [0.1, 0.15) is 13.2 Å². The highest BCUT2D eigenvalue weighted by atomic mass is 31.2. The van der Waals surface area contributed by atoms with Crippen molar-refractivity contribution >= 4 is 13.7 Å². The van der Waals surface area contributed by atoms with Gasteiger partial charge in [0, 0.05) is 6.42 Å². The minimum atomic E-state index is -4.58. The van der Waals surface area contributed by atoms with Crippen LogP contribution in [0.25, 0.3) is 0 Å². The third-order valence-electron chi connectivity index (χ3n) is 8.99. The molecule has 0 aromatic heterocycles. The second-order valence-electron chi connectivity index (χ2n) is 15.7. The first kappa shape index (κ1) is 55.2. The SMILES string of the molecule is CC/C=C\C/C=C\C/C=C\C/C=C\C/C=C\C/C=C\C/C=C\C/C=C\CCCCCCCCC(=O)NC(COP(=O)([O-])OCC[N+](C)(C)C)C(O)/C=C/CCCCC. The van der Waals surface area contributed by atoms with E-state index in [4.69, 9.17) is 9.05 Å². The van der Waals surface area contributed by atoms with Crippen molar-refractivity contribution in [3.8, 4) is 0 Å². The Hall–Kier alpha value is -2.84. The van der Waals surface area contributed by atoms with Crippen molar-refractivity contribution in [3.05, 3.63) is 109 Å². The summed E-state index contributed by atoms with van der Waals surface area (Å²) in [5, 5.41) is 13.5. The van der Waals surface area contributed by atoms with Crippen LogP contribution >= 0.6 is 7.82 Å². The fourth-order valence-electron chi connectivity index (χ4n) is 5.46. The third-order valence-corrected chi connectivity index (χ3v) is 9.95. The van der Waals surface area contributed by atoms with Crippen LogP contribution in [0.4, 0.5) is 0 Å². The minimum Gasteiger partial charge on any atom is -0.756 e. The van der Waals surface area contributed by atoms with Gasteiger partial charge in [-0.1, -0.05) is 162 Å². The van der Waals surface area contributed by atoms with Gasteiger partial charge < -0.3 is 28.8 Å². The van der Waals surface area contributed by atoms with Gasteiger partial charge in [-0.3, -0.25) is 9.36 Å². The molecular formula is C49H83N2O6P. The quantitative estimate of drug-likeness (QED) is 0.0278. The smallest absolute Gasteiger partial charge is 0.268 e. The molecule has 0 saturated heterocycles. The Morgan fingerprint density at radius 2 is 1.05 bits per heavy atom. The van der Waals surface area contributed by atoms with Gasteiger partial charge in [-0.25, -0.2) is 0 Å². The molecule has 0 radical (unpaired) electrons. The molecule has 0 bridgehead atoms. The molecular weight excluding hydrogens is 744 g/mol. The zero-order valence-electron chi connectivity index (χ0n) is 37.2. The van der Waals surface area contributed by atoms with Crippen LogP contribution in [-0.4, -0.2) is 68.5 Å². The van der Waals surface area contributed by atoms with Crippen LogP contribution in [-0.2, 0) is 18.4 Å². The average molecular weight is 827 g/mol. The van der Waals surface area contributed by atoms with E-state index in [1.807, 2.05) is 27.2 Å².